The summed E-state index contributed by atoms with van der Waals surface area (Å²) < 4.78 is 4.94. The van der Waals surface area contributed by atoms with Gasteiger partial charge in [0.15, 0.2) is 12.1 Å². The molecule has 0 heterocycles. The Morgan fingerprint density at radius 3 is 2.59 bits per heavy atom. The van der Waals surface area contributed by atoms with E-state index in [2.05, 4.69) is 10.3 Å². The molecule has 2 aromatic carbocycles. The molecule has 0 saturated carbocycles. The third-order valence-corrected chi connectivity index (χ3v) is 3.71. The first kappa shape index (κ1) is 26.9. The first-order valence-electron chi connectivity index (χ1n) is 8.66. The van der Waals surface area contributed by atoms with Gasteiger partial charge in [-0.25, -0.2) is 4.99 Å². The maximum Gasteiger partial charge on any atom is 0.159 e. The minimum absolute atomic E-state index is 0. The number of benzene rings is 2. The van der Waals surface area contributed by atoms with Crippen LogP contribution in [0.2, 0.25) is 0 Å². The van der Waals surface area contributed by atoms with Crippen LogP contribution in [-0.4, -0.2) is 57.7 Å². The molecule has 0 aliphatic rings. The van der Waals surface area contributed by atoms with Gasteiger partial charge >= 0.3 is 0 Å². The number of carbonyl (C=O) groups is 2. The van der Waals surface area contributed by atoms with E-state index in [1.54, 1.807) is 51.7 Å². The summed E-state index contributed by atoms with van der Waals surface area (Å²) in [6, 6.07) is 12.0. The molecule has 29 heavy (non-hydrogen) atoms. The summed E-state index contributed by atoms with van der Waals surface area (Å²) >= 11 is 0. The molecule has 0 unspecified atom stereocenters. The maximum absolute atomic E-state index is 10.9. The fourth-order valence-electron chi connectivity index (χ4n) is 2.08. The average molecular weight is 471 g/mol. The van der Waals surface area contributed by atoms with Crippen LogP contribution in [0.4, 0.5) is 17.1 Å². The zero-order valence-corrected chi connectivity index (χ0v) is 20.1. The van der Waals surface area contributed by atoms with E-state index in [-0.39, 0.29) is 38.5 Å². The van der Waals surface area contributed by atoms with E-state index in [0.29, 0.717) is 35.4 Å². The Labute approximate surface area is 197 Å². The Balaban J connectivity index is 0.000000568. The minimum Gasteiger partial charge on any atom is -0.699 e. The number of aldehydes is 1. The largest absolute Gasteiger partial charge is 0.699 e. The number of rotatable bonds is 8. The van der Waals surface area contributed by atoms with E-state index < -0.39 is 0 Å². The monoisotopic (exact) mass is 471 g/mol. The first-order chi connectivity index (χ1) is 13.4. The van der Waals surface area contributed by atoms with Gasteiger partial charge in [0.2, 0.25) is 0 Å². The van der Waals surface area contributed by atoms with Crippen molar-refractivity contribution in [2.24, 2.45) is 4.99 Å². The van der Waals surface area contributed by atoms with Gasteiger partial charge in [0, 0.05) is 64.5 Å². The third-order valence-electron chi connectivity index (χ3n) is 3.71. The van der Waals surface area contributed by atoms with Crippen molar-refractivity contribution in [3.8, 4) is 0 Å². The maximum atomic E-state index is 10.9. The van der Waals surface area contributed by atoms with Crippen LogP contribution in [-0.2, 0) is 37.4 Å². The van der Waals surface area contributed by atoms with Gasteiger partial charge in [0.1, 0.15) is 0 Å². The number of hydrogen-bond donors (Lipinski definition) is 0. The van der Waals surface area contributed by atoms with Crippen molar-refractivity contribution in [3.63, 3.8) is 0 Å². The number of Topliss-reactive ketones (excluding diaryl/α,β-unsaturated/α-hetero) is 1. The molecular formula is C21H26N4O3Y-2. The molecule has 0 amide bonds. The van der Waals surface area contributed by atoms with Gasteiger partial charge in [-0.15, -0.1) is 18.4 Å². The van der Waals surface area contributed by atoms with Gasteiger partial charge in [-0.05, 0) is 13.0 Å². The Hall–Kier alpha value is -2.09. The molecule has 8 heteroatoms. The minimum atomic E-state index is 0. The van der Waals surface area contributed by atoms with Crippen molar-refractivity contribution in [1.29, 1.82) is 0 Å². The molecule has 0 saturated heterocycles. The number of ether oxygens (including phenoxy) is 1. The van der Waals surface area contributed by atoms with Crippen molar-refractivity contribution in [2.75, 3.05) is 34.4 Å². The SMILES string of the molecule is COCCN(C)C=Nc1ccc([NH-])cc1C=O.C[N-]c1cccc(C(C)=O)c1.[Y]. The molecule has 153 valence electrons. The fraction of sp³-hybridized carbons (Fsp3) is 0.286. The Kier molecular flexibility index (Phi) is 13.8. The number of carbonyl (C=O) groups excluding carboxylic acids is 2. The molecule has 2 rings (SSSR count). The molecule has 0 atom stereocenters. The van der Waals surface area contributed by atoms with E-state index in [1.165, 1.54) is 6.07 Å². The summed E-state index contributed by atoms with van der Waals surface area (Å²) in [6.45, 7) is 2.90. The molecule has 2 aromatic rings. The number of likely N-dealkylation sites (N-methyl/N-ethyl adjacent to an activating group) is 1. The van der Waals surface area contributed by atoms with Gasteiger partial charge in [-0.1, -0.05) is 36.4 Å². The Morgan fingerprint density at radius 1 is 1.28 bits per heavy atom. The summed E-state index contributed by atoms with van der Waals surface area (Å²) in [5.41, 5.74) is 10.3. The van der Waals surface area contributed by atoms with Crippen LogP contribution in [0, 0.1) is 0 Å². The molecular weight excluding hydrogens is 445 g/mol. The first-order valence-corrected chi connectivity index (χ1v) is 8.66. The van der Waals surface area contributed by atoms with Crippen LogP contribution in [0.15, 0.2) is 47.5 Å². The second-order valence-electron chi connectivity index (χ2n) is 5.94. The summed E-state index contributed by atoms with van der Waals surface area (Å²) in [7, 11) is 5.23. The van der Waals surface area contributed by atoms with E-state index in [4.69, 9.17) is 10.5 Å². The molecule has 0 aromatic heterocycles. The standard InChI is InChI=1S/C12H16N3O2.C9H10NO.Y/c1-15(5-6-17-2)9-14-12-4-3-11(13)7-10(12)8-16;1-7(11)8-4-3-5-9(6-8)10-2;/h3-4,7-9,13H,5-6H2,1-2H3;3-6H,1-2H3;/q2*-1;. The second kappa shape index (κ2) is 14.8. The van der Waals surface area contributed by atoms with Gasteiger partial charge in [0.25, 0.3) is 0 Å². The van der Waals surface area contributed by atoms with E-state index in [9.17, 15) is 9.59 Å². The van der Waals surface area contributed by atoms with Gasteiger partial charge in [-0.2, -0.15) is 0 Å². The summed E-state index contributed by atoms with van der Waals surface area (Å²) in [6.07, 6.45) is 2.35. The van der Waals surface area contributed by atoms with Crippen LogP contribution in [0.3, 0.4) is 0 Å². The topological polar surface area (TPSA) is 96.9 Å². The molecule has 0 spiro atoms. The molecule has 0 fully saturated rings. The van der Waals surface area contributed by atoms with Gasteiger partial charge in [-0.3, -0.25) is 9.59 Å². The van der Waals surface area contributed by atoms with E-state index >= 15 is 0 Å². The average Bonchev–Trinajstić information content (AvgIpc) is 2.71. The van der Waals surface area contributed by atoms with Crippen molar-refractivity contribution in [1.82, 2.24) is 4.90 Å². The number of methoxy groups -OCH3 is 1. The Morgan fingerprint density at radius 2 is 2.00 bits per heavy atom. The van der Waals surface area contributed by atoms with Crippen LogP contribution in [0.5, 0.6) is 0 Å². The van der Waals surface area contributed by atoms with E-state index in [1.807, 2.05) is 24.1 Å². The van der Waals surface area contributed by atoms with Crippen LogP contribution in [0.25, 0.3) is 11.1 Å². The number of aliphatic imine (C=N–C) groups is 1. The van der Waals surface area contributed by atoms with Crippen molar-refractivity contribution >= 4 is 35.5 Å². The zero-order chi connectivity index (χ0) is 20.9. The molecule has 0 aliphatic heterocycles. The van der Waals surface area contributed by atoms with Crippen LogP contribution >= 0.6 is 0 Å². The number of ketones is 1. The fourth-order valence-corrected chi connectivity index (χ4v) is 2.08. The Bertz CT molecular complexity index is 812. The predicted octanol–water partition coefficient (Wildman–Crippen LogP) is 4.94. The summed E-state index contributed by atoms with van der Waals surface area (Å²) in [5, 5.41) is 3.96. The quantitative estimate of drug-likeness (QED) is 0.236. The molecule has 1 radical (unpaired) electrons. The predicted molar refractivity (Wildman–Crippen MR) is 114 cm³/mol. The van der Waals surface area contributed by atoms with Gasteiger partial charge in [0.05, 0.1) is 18.6 Å². The number of hydrogen-bond acceptors (Lipinski definition) is 4. The van der Waals surface area contributed by atoms with Crippen molar-refractivity contribution < 1.29 is 47.0 Å². The van der Waals surface area contributed by atoms with Crippen molar-refractivity contribution in [2.45, 2.75) is 6.92 Å². The smallest absolute Gasteiger partial charge is 0.159 e. The van der Waals surface area contributed by atoms with Crippen molar-refractivity contribution in [3.05, 3.63) is 64.6 Å². The summed E-state index contributed by atoms with van der Waals surface area (Å²) in [4.78, 5) is 27.7. The molecule has 1 N–H and O–H groups in total. The van der Waals surface area contributed by atoms with Gasteiger partial charge < -0.3 is 20.7 Å². The second-order valence-corrected chi connectivity index (χ2v) is 5.94. The normalized spacial score (nSPS) is 9.79. The van der Waals surface area contributed by atoms with Crippen LogP contribution < -0.4 is 0 Å². The molecule has 0 aliphatic carbocycles. The zero-order valence-electron chi connectivity index (χ0n) is 17.3. The molecule has 0 bridgehead atoms. The summed E-state index contributed by atoms with van der Waals surface area (Å²) in [5.74, 6) is 0.0792. The third kappa shape index (κ3) is 10.3. The van der Waals surface area contributed by atoms with E-state index in [0.717, 1.165) is 12.2 Å². The van der Waals surface area contributed by atoms with Crippen LogP contribution in [0.1, 0.15) is 27.6 Å². The number of nitrogens with zero attached hydrogens (tertiary/aromatic N) is 3. The number of nitrogens with one attached hydrogen (secondary N) is 1. The molecule has 7 nitrogen and oxygen atoms in total.